The monoisotopic (exact) mass is 146 g/mol. The van der Waals surface area contributed by atoms with E-state index in [1.807, 2.05) is 0 Å². The highest BCUT2D eigenvalue weighted by molar-refractivity contribution is 6.67. The van der Waals surface area contributed by atoms with Crippen LogP contribution in [0.3, 0.4) is 0 Å². The topological polar surface area (TPSA) is 35.5 Å². The van der Waals surface area contributed by atoms with Gasteiger partial charge in [0, 0.05) is 0 Å². The van der Waals surface area contributed by atoms with Crippen LogP contribution < -0.4 is 0 Å². The second-order valence-electron chi connectivity index (χ2n) is 1.28. The molecule has 1 aliphatic heterocycles. The maximum absolute atomic E-state index is 10.3. The van der Waals surface area contributed by atoms with E-state index in [2.05, 4.69) is 9.47 Å². The number of hydrogen-bond donors (Lipinski definition) is 0. The van der Waals surface area contributed by atoms with E-state index in [9.17, 15) is 4.79 Å². The first-order chi connectivity index (χ1) is 4.30. The second-order valence-corrected chi connectivity index (χ2v) is 1.63. The zero-order chi connectivity index (χ0) is 6.69. The largest absolute Gasteiger partial charge is 0.465 e. The molecule has 0 aromatic heterocycles. The molecule has 0 aromatic carbocycles. The lowest BCUT2D eigenvalue weighted by atomic mass is 10.6. The number of rotatable bonds is 1. The van der Waals surface area contributed by atoms with Crippen LogP contribution in [0.15, 0.2) is 24.5 Å². The van der Waals surface area contributed by atoms with E-state index < -0.39 is 5.24 Å². The maximum Gasteiger partial charge on any atom is 0.291 e. The van der Waals surface area contributed by atoms with Gasteiger partial charge in [0.05, 0.1) is 0 Å². The zero-order valence-corrected chi connectivity index (χ0v) is 5.09. The third kappa shape index (κ3) is 1.47. The van der Waals surface area contributed by atoms with E-state index >= 15 is 0 Å². The summed E-state index contributed by atoms with van der Waals surface area (Å²) in [6.45, 7) is 0. The molecule has 0 unspecified atom stereocenters. The van der Waals surface area contributed by atoms with Crippen LogP contribution >= 0.6 is 11.6 Å². The van der Waals surface area contributed by atoms with Crippen LogP contribution in [-0.2, 0) is 14.3 Å². The first-order valence-corrected chi connectivity index (χ1v) is 2.55. The summed E-state index contributed by atoms with van der Waals surface area (Å²) in [7, 11) is 0. The Hall–Kier alpha value is -0.960. The van der Waals surface area contributed by atoms with E-state index in [0.29, 0.717) is 0 Å². The lowest BCUT2D eigenvalue weighted by Crippen LogP contribution is -1.98. The Morgan fingerprint density at radius 1 is 1.56 bits per heavy atom. The van der Waals surface area contributed by atoms with Gasteiger partial charge in [-0.3, -0.25) is 4.79 Å². The summed E-state index contributed by atoms with van der Waals surface area (Å²) in [4.78, 5) is 10.3. The van der Waals surface area contributed by atoms with Crippen LogP contribution in [0.4, 0.5) is 0 Å². The Balaban J connectivity index is 2.61. The van der Waals surface area contributed by atoms with Gasteiger partial charge in [-0.15, -0.1) is 0 Å². The van der Waals surface area contributed by atoms with Gasteiger partial charge in [0.1, 0.15) is 18.8 Å². The van der Waals surface area contributed by atoms with Crippen LogP contribution in [0.2, 0.25) is 0 Å². The minimum absolute atomic E-state index is 0.000772. The molecule has 0 saturated carbocycles. The summed E-state index contributed by atoms with van der Waals surface area (Å²) < 4.78 is 9.18. The van der Waals surface area contributed by atoms with Crippen molar-refractivity contribution in [3.05, 3.63) is 24.5 Å². The molecule has 0 spiro atoms. The smallest absolute Gasteiger partial charge is 0.291 e. The molecule has 9 heavy (non-hydrogen) atoms. The maximum atomic E-state index is 10.3. The lowest BCUT2D eigenvalue weighted by Gasteiger charge is -2.03. The van der Waals surface area contributed by atoms with E-state index in [1.165, 1.54) is 12.5 Å². The summed E-state index contributed by atoms with van der Waals surface area (Å²) in [5.74, 6) is -0.000772. The van der Waals surface area contributed by atoms with Crippen molar-refractivity contribution in [1.29, 1.82) is 0 Å². The Kier molecular flexibility index (Phi) is 1.75. The van der Waals surface area contributed by atoms with Crippen molar-refractivity contribution in [2.45, 2.75) is 0 Å². The minimum atomic E-state index is -0.667. The third-order valence-corrected chi connectivity index (χ3v) is 0.884. The summed E-state index contributed by atoms with van der Waals surface area (Å²) >= 11 is 5.01. The van der Waals surface area contributed by atoms with Crippen molar-refractivity contribution in [3.8, 4) is 0 Å². The fourth-order valence-electron chi connectivity index (χ4n) is 0.355. The molecule has 1 aliphatic rings. The van der Waals surface area contributed by atoms with E-state index in [-0.39, 0.29) is 5.76 Å². The molecular weight excluding hydrogens is 144 g/mol. The molecule has 0 saturated heterocycles. The molecule has 0 N–H and O–H groups in total. The van der Waals surface area contributed by atoms with Gasteiger partial charge >= 0.3 is 0 Å². The van der Waals surface area contributed by atoms with Crippen LogP contribution in [0, 0.1) is 0 Å². The Morgan fingerprint density at radius 3 is 2.67 bits per heavy atom. The van der Waals surface area contributed by atoms with Crippen LogP contribution in [0.5, 0.6) is 0 Å². The van der Waals surface area contributed by atoms with Crippen molar-refractivity contribution in [1.82, 2.24) is 0 Å². The summed E-state index contributed by atoms with van der Waals surface area (Å²) in [5.41, 5.74) is 0. The third-order valence-electron chi connectivity index (χ3n) is 0.698. The highest BCUT2D eigenvalue weighted by Crippen LogP contribution is 2.07. The molecule has 1 rings (SSSR count). The lowest BCUT2D eigenvalue weighted by molar-refractivity contribution is -0.111. The minimum Gasteiger partial charge on any atom is -0.465 e. The number of ether oxygens (including phenoxy) is 2. The van der Waals surface area contributed by atoms with Gasteiger partial charge in [-0.05, 0) is 11.6 Å². The molecule has 4 heteroatoms. The predicted molar refractivity (Wildman–Crippen MR) is 30.3 cm³/mol. The first-order valence-electron chi connectivity index (χ1n) is 2.18. The van der Waals surface area contributed by atoms with Crippen LogP contribution in [0.1, 0.15) is 0 Å². The predicted octanol–water partition coefficient (Wildman–Crippen LogP) is 1.11. The number of halogens is 1. The van der Waals surface area contributed by atoms with Gasteiger partial charge in [-0.1, -0.05) is 0 Å². The fourth-order valence-corrected chi connectivity index (χ4v) is 0.444. The van der Waals surface area contributed by atoms with Crippen molar-refractivity contribution in [2.24, 2.45) is 0 Å². The molecular formula is C5H3ClO3. The summed E-state index contributed by atoms with van der Waals surface area (Å²) in [6.07, 6.45) is 3.66. The van der Waals surface area contributed by atoms with E-state index in [0.717, 1.165) is 6.26 Å². The molecule has 0 bridgehead atoms. The van der Waals surface area contributed by atoms with Gasteiger partial charge in [0.2, 0.25) is 5.76 Å². The second kappa shape index (κ2) is 2.55. The number of carbonyl (C=O) groups excluding carboxylic acids is 1. The van der Waals surface area contributed by atoms with Crippen molar-refractivity contribution >= 4 is 16.8 Å². The number of carbonyl (C=O) groups is 1. The molecule has 0 atom stereocenters. The summed E-state index contributed by atoms with van der Waals surface area (Å²) in [6, 6.07) is 0. The van der Waals surface area contributed by atoms with Crippen molar-refractivity contribution < 1.29 is 14.3 Å². The number of hydrogen-bond acceptors (Lipinski definition) is 3. The standard InChI is InChI=1S/C5H3ClO3/c6-5(7)4-3-8-1-2-9-4/h1-3H. The van der Waals surface area contributed by atoms with Gasteiger partial charge in [0.15, 0.2) is 0 Å². The SMILES string of the molecule is O=C(Cl)C1=COC=CO1. The average Bonchev–Trinajstić information content (AvgIpc) is 1.90. The average molecular weight is 147 g/mol. The van der Waals surface area contributed by atoms with Crippen molar-refractivity contribution in [3.63, 3.8) is 0 Å². The van der Waals surface area contributed by atoms with Gasteiger partial charge in [0.25, 0.3) is 5.24 Å². The molecule has 0 fully saturated rings. The highest BCUT2D eigenvalue weighted by Gasteiger charge is 2.08. The Labute approximate surface area is 56.5 Å². The van der Waals surface area contributed by atoms with Gasteiger partial charge in [-0.2, -0.15) is 0 Å². The Bertz CT molecular complexity index is 183. The molecule has 0 aromatic rings. The van der Waals surface area contributed by atoms with Crippen LogP contribution in [-0.4, -0.2) is 5.24 Å². The van der Waals surface area contributed by atoms with Gasteiger partial charge in [-0.25, -0.2) is 0 Å². The Morgan fingerprint density at radius 2 is 2.33 bits per heavy atom. The molecule has 0 radical (unpaired) electrons. The van der Waals surface area contributed by atoms with Crippen LogP contribution in [0.25, 0.3) is 0 Å². The van der Waals surface area contributed by atoms with E-state index in [4.69, 9.17) is 11.6 Å². The molecule has 0 aliphatic carbocycles. The molecule has 48 valence electrons. The van der Waals surface area contributed by atoms with Crippen molar-refractivity contribution in [2.75, 3.05) is 0 Å². The zero-order valence-electron chi connectivity index (χ0n) is 4.33. The molecule has 0 amide bonds. The normalized spacial score (nSPS) is 15.4. The van der Waals surface area contributed by atoms with E-state index in [1.54, 1.807) is 0 Å². The fraction of sp³-hybridized carbons (Fsp3) is 0. The first kappa shape index (κ1) is 6.16. The summed E-state index contributed by atoms with van der Waals surface area (Å²) in [5, 5.41) is -0.667. The highest BCUT2D eigenvalue weighted by atomic mass is 35.5. The van der Waals surface area contributed by atoms with Gasteiger partial charge < -0.3 is 9.47 Å². The number of allylic oxidation sites excluding steroid dienone is 1. The molecule has 3 nitrogen and oxygen atoms in total. The quantitative estimate of drug-likeness (QED) is 0.520. The molecule has 1 heterocycles.